The van der Waals surface area contributed by atoms with Crippen molar-refractivity contribution < 1.29 is 33.4 Å². The van der Waals surface area contributed by atoms with Crippen molar-refractivity contribution in [3.8, 4) is 5.75 Å². The molecule has 2 aromatic rings. The van der Waals surface area contributed by atoms with Crippen LogP contribution in [0, 0.1) is 5.82 Å². The molecular weight excluding hydrogens is 455 g/mol. The van der Waals surface area contributed by atoms with Crippen molar-refractivity contribution in [2.75, 3.05) is 40.4 Å². The van der Waals surface area contributed by atoms with Gasteiger partial charge in [-0.3, -0.25) is 9.59 Å². The number of amides is 1. The largest absolute Gasteiger partial charge is 0.507 e. The molecule has 1 heterocycles. The van der Waals surface area contributed by atoms with Crippen LogP contribution < -0.4 is 4.74 Å². The number of Topliss-reactive ketones (excluding diaryl/α,β-unsaturated/α-hetero) is 1. The number of nitrogens with zero attached hydrogens (tertiary/aromatic N) is 2. The molecule has 1 saturated heterocycles. The SMILES string of the molecule is CCN(CC)CCN1C(=O)C(=O)C(=C(O)c2ccc(OC)c(F)c2)C1c1ccc(C(=O)OC)cc1. The number of methoxy groups -OCH3 is 2. The maximum Gasteiger partial charge on any atom is 0.337 e. The molecule has 0 radical (unpaired) electrons. The van der Waals surface area contributed by atoms with Gasteiger partial charge in [0, 0.05) is 18.7 Å². The molecule has 1 atom stereocenters. The van der Waals surface area contributed by atoms with Gasteiger partial charge in [0.1, 0.15) is 5.76 Å². The maximum atomic E-state index is 14.3. The Hall–Kier alpha value is -3.72. The number of likely N-dealkylation sites (N-methyl/N-ethyl adjacent to an activating group) is 1. The third-order valence-electron chi connectivity index (χ3n) is 6.16. The van der Waals surface area contributed by atoms with Crippen molar-refractivity contribution in [3.05, 3.63) is 70.5 Å². The van der Waals surface area contributed by atoms with Crippen LogP contribution in [-0.2, 0) is 14.3 Å². The molecule has 0 saturated carbocycles. The van der Waals surface area contributed by atoms with Crippen LogP contribution in [-0.4, -0.2) is 73.0 Å². The minimum Gasteiger partial charge on any atom is -0.507 e. The van der Waals surface area contributed by atoms with E-state index in [1.165, 1.54) is 43.4 Å². The number of halogens is 1. The van der Waals surface area contributed by atoms with Gasteiger partial charge in [0.15, 0.2) is 11.6 Å². The number of esters is 1. The number of aliphatic hydroxyl groups is 1. The Morgan fingerprint density at radius 1 is 1.06 bits per heavy atom. The van der Waals surface area contributed by atoms with Crippen LogP contribution in [0.15, 0.2) is 48.0 Å². The van der Waals surface area contributed by atoms with Gasteiger partial charge in [0.05, 0.1) is 31.4 Å². The second kappa shape index (κ2) is 11.1. The van der Waals surface area contributed by atoms with Crippen LogP contribution >= 0.6 is 0 Å². The normalized spacial score (nSPS) is 17.2. The van der Waals surface area contributed by atoms with Crippen LogP contribution in [0.2, 0.25) is 0 Å². The fraction of sp³-hybridized carbons (Fsp3) is 0.346. The molecule has 1 aliphatic rings. The molecule has 9 heteroatoms. The molecule has 1 unspecified atom stereocenters. The lowest BCUT2D eigenvalue weighted by Gasteiger charge is -2.28. The number of hydrogen-bond donors (Lipinski definition) is 1. The van der Waals surface area contributed by atoms with E-state index >= 15 is 0 Å². The Morgan fingerprint density at radius 2 is 1.69 bits per heavy atom. The van der Waals surface area contributed by atoms with Crippen molar-refractivity contribution in [1.29, 1.82) is 0 Å². The van der Waals surface area contributed by atoms with Gasteiger partial charge < -0.3 is 24.4 Å². The predicted molar refractivity (Wildman–Crippen MR) is 128 cm³/mol. The Labute approximate surface area is 203 Å². The highest BCUT2D eigenvalue weighted by molar-refractivity contribution is 6.46. The van der Waals surface area contributed by atoms with Crippen LogP contribution in [0.1, 0.15) is 41.4 Å². The van der Waals surface area contributed by atoms with Crippen LogP contribution in [0.5, 0.6) is 5.75 Å². The molecule has 8 nitrogen and oxygen atoms in total. The fourth-order valence-corrected chi connectivity index (χ4v) is 4.13. The summed E-state index contributed by atoms with van der Waals surface area (Å²) in [6.07, 6.45) is 0. The summed E-state index contributed by atoms with van der Waals surface area (Å²) in [5.74, 6) is -3.37. The molecule has 1 amide bonds. The number of hydrogen-bond acceptors (Lipinski definition) is 7. The highest BCUT2D eigenvalue weighted by Gasteiger charge is 2.46. The van der Waals surface area contributed by atoms with E-state index in [2.05, 4.69) is 4.90 Å². The number of carbonyl (C=O) groups excluding carboxylic acids is 3. The molecule has 186 valence electrons. The van der Waals surface area contributed by atoms with E-state index in [9.17, 15) is 23.9 Å². The van der Waals surface area contributed by atoms with Crippen molar-refractivity contribution in [2.45, 2.75) is 19.9 Å². The lowest BCUT2D eigenvalue weighted by atomic mass is 9.94. The molecule has 0 bridgehead atoms. The number of rotatable bonds is 9. The maximum absolute atomic E-state index is 14.3. The lowest BCUT2D eigenvalue weighted by Crippen LogP contribution is -2.38. The van der Waals surface area contributed by atoms with Crippen molar-refractivity contribution in [3.63, 3.8) is 0 Å². The quantitative estimate of drug-likeness (QED) is 0.252. The minimum absolute atomic E-state index is 0.0174. The Morgan fingerprint density at radius 3 is 2.23 bits per heavy atom. The summed E-state index contributed by atoms with van der Waals surface area (Å²) in [4.78, 5) is 41.5. The molecule has 1 fully saturated rings. The fourth-order valence-electron chi connectivity index (χ4n) is 4.13. The van der Waals surface area contributed by atoms with Gasteiger partial charge in [-0.15, -0.1) is 0 Å². The summed E-state index contributed by atoms with van der Waals surface area (Å²) >= 11 is 0. The van der Waals surface area contributed by atoms with Gasteiger partial charge in [-0.1, -0.05) is 26.0 Å². The second-order valence-corrected chi connectivity index (χ2v) is 7.98. The Bertz CT molecular complexity index is 1140. The minimum atomic E-state index is -0.914. The van der Waals surface area contributed by atoms with Crippen molar-refractivity contribution >= 4 is 23.4 Å². The van der Waals surface area contributed by atoms with E-state index in [4.69, 9.17) is 9.47 Å². The molecule has 1 N–H and O–H groups in total. The third-order valence-corrected chi connectivity index (χ3v) is 6.16. The molecule has 35 heavy (non-hydrogen) atoms. The summed E-state index contributed by atoms with van der Waals surface area (Å²) in [5.41, 5.74) is 0.714. The number of benzene rings is 2. The summed E-state index contributed by atoms with van der Waals surface area (Å²) in [5, 5.41) is 11.1. The lowest BCUT2D eigenvalue weighted by molar-refractivity contribution is -0.140. The third kappa shape index (κ3) is 5.19. The topological polar surface area (TPSA) is 96.4 Å². The van der Waals surface area contributed by atoms with E-state index in [0.29, 0.717) is 17.7 Å². The van der Waals surface area contributed by atoms with Crippen LogP contribution in [0.3, 0.4) is 0 Å². The number of likely N-dealkylation sites (tertiary alicyclic amines) is 1. The monoisotopic (exact) mass is 484 g/mol. The van der Waals surface area contributed by atoms with Gasteiger partial charge in [-0.2, -0.15) is 0 Å². The van der Waals surface area contributed by atoms with Crippen molar-refractivity contribution in [2.24, 2.45) is 0 Å². The first-order valence-electron chi connectivity index (χ1n) is 11.3. The van der Waals surface area contributed by atoms with E-state index < -0.39 is 35.3 Å². The summed E-state index contributed by atoms with van der Waals surface area (Å²) in [7, 11) is 2.59. The van der Waals surface area contributed by atoms with Crippen molar-refractivity contribution in [1.82, 2.24) is 9.80 Å². The zero-order valence-corrected chi connectivity index (χ0v) is 20.2. The molecule has 1 aliphatic heterocycles. The summed E-state index contributed by atoms with van der Waals surface area (Å²) in [6, 6.07) is 9.15. The Kier molecular flexibility index (Phi) is 8.24. The molecule has 0 spiro atoms. The van der Waals surface area contributed by atoms with E-state index in [-0.39, 0.29) is 23.4 Å². The van der Waals surface area contributed by atoms with E-state index in [0.717, 1.165) is 19.2 Å². The van der Waals surface area contributed by atoms with Gasteiger partial charge in [0.25, 0.3) is 11.7 Å². The average molecular weight is 485 g/mol. The first-order chi connectivity index (χ1) is 16.8. The molecule has 3 rings (SSSR count). The van der Waals surface area contributed by atoms with Crippen LogP contribution in [0.25, 0.3) is 5.76 Å². The standard InChI is InChI=1S/C26H29FN2O6/c1-5-28(6-2)13-14-29-22(16-7-9-17(10-8-16)26(33)35-4)21(24(31)25(29)32)23(30)18-11-12-20(34-3)19(27)15-18/h7-12,15,22,30H,5-6,13-14H2,1-4H3. The molecular formula is C26H29FN2O6. The number of ether oxygens (including phenoxy) is 2. The average Bonchev–Trinajstić information content (AvgIpc) is 3.13. The first-order valence-corrected chi connectivity index (χ1v) is 11.3. The highest BCUT2D eigenvalue weighted by Crippen LogP contribution is 2.39. The van der Waals surface area contributed by atoms with Gasteiger partial charge in [-0.25, -0.2) is 9.18 Å². The van der Waals surface area contributed by atoms with Gasteiger partial charge in [0.2, 0.25) is 0 Å². The molecule has 0 aromatic heterocycles. The number of ketones is 1. The molecule has 0 aliphatic carbocycles. The van der Waals surface area contributed by atoms with Gasteiger partial charge in [-0.05, 0) is 49.0 Å². The second-order valence-electron chi connectivity index (χ2n) is 7.98. The molecule has 2 aromatic carbocycles. The number of carbonyl (C=O) groups is 3. The predicted octanol–water partition coefficient (Wildman–Crippen LogP) is 3.38. The zero-order chi connectivity index (χ0) is 25.7. The van der Waals surface area contributed by atoms with E-state index in [1.807, 2.05) is 13.8 Å². The van der Waals surface area contributed by atoms with Crippen LogP contribution in [0.4, 0.5) is 4.39 Å². The van der Waals surface area contributed by atoms with E-state index in [1.54, 1.807) is 12.1 Å². The highest BCUT2D eigenvalue weighted by atomic mass is 19.1. The smallest absolute Gasteiger partial charge is 0.337 e. The summed E-state index contributed by atoms with van der Waals surface area (Å²) in [6.45, 7) is 6.29. The Balaban J connectivity index is 2.12. The van der Waals surface area contributed by atoms with Gasteiger partial charge >= 0.3 is 5.97 Å². The zero-order valence-electron chi connectivity index (χ0n) is 20.2. The number of aliphatic hydroxyl groups excluding tert-OH is 1. The first kappa shape index (κ1) is 25.9. The summed E-state index contributed by atoms with van der Waals surface area (Å²) < 4.78 is 24.0.